The molecule has 0 bridgehead atoms. The summed E-state index contributed by atoms with van der Waals surface area (Å²) in [6.45, 7) is 6.57. The van der Waals surface area contributed by atoms with E-state index >= 15 is 0 Å². The first kappa shape index (κ1) is 24.0. The third kappa shape index (κ3) is 5.17. The number of carbonyl (C=O) groups excluding carboxylic acids is 3. The van der Waals surface area contributed by atoms with Gasteiger partial charge in [-0.15, -0.1) is 0 Å². The average molecular weight is 470 g/mol. The van der Waals surface area contributed by atoms with Gasteiger partial charge in [-0.05, 0) is 54.4 Å². The summed E-state index contributed by atoms with van der Waals surface area (Å²) in [5.41, 5.74) is 1.88. The number of amides is 1. The van der Waals surface area contributed by atoms with Crippen LogP contribution in [0.3, 0.4) is 0 Å². The SMILES string of the molecule is C=CCOc1cccc(C2C(C(=O)c3ccc(OCC)cc3)C(=O)C(=O)N2Cc2ccccc2)c1. The van der Waals surface area contributed by atoms with Gasteiger partial charge >= 0.3 is 0 Å². The second kappa shape index (κ2) is 10.8. The molecule has 0 saturated carbocycles. The summed E-state index contributed by atoms with van der Waals surface area (Å²) >= 11 is 0. The molecular weight excluding hydrogens is 442 g/mol. The van der Waals surface area contributed by atoms with Crippen LogP contribution in [0.2, 0.25) is 0 Å². The highest BCUT2D eigenvalue weighted by atomic mass is 16.5. The van der Waals surface area contributed by atoms with Crippen LogP contribution in [0.25, 0.3) is 0 Å². The van der Waals surface area contributed by atoms with Crippen molar-refractivity contribution in [1.82, 2.24) is 4.90 Å². The van der Waals surface area contributed by atoms with Crippen molar-refractivity contribution in [2.24, 2.45) is 5.92 Å². The number of carbonyl (C=O) groups is 3. The third-order valence-electron chi connectivity index (χ3n) is 5.90. The third-order valence-corrected chi connectivity index (χ3v) is 5.90. The van der Waals surface area contributed by atoms with E-state index < -0.39 is 29.4 Å². The van der Waals surface area contributed by atoms with Crippen molar-refractivity contribution in [3.05, 3.63) is 108 Å². The highest BCUT2D eigenvalue weighted by molar-refractivity contribution is 6.44. The van der Waals surface area contributed by atoms with Crippen LogP contribution < -0.4 is 9.47 Å². The van der Waals surface area contributed by atoms with Gasteiger partial charge in [-0.25, -0.2) is 0 Å². The minimum absolute atomic E-state index is 0.209. The molecule has 0 N–H and O–H groups in total. The van der Waals surface area contributed by atoms with Gasteiger partial charge in [0.25, 0.3) is 5.91 Å². The van der Waals surface area contributed by atoms with Crippen LogP contribution >= 0.6 is 0 Å². The minimum Gasteiger partial charge on any atom is -0.494 e. The summed E-state index contributed by atoms with van der Waals surface area (Å²) in [6, 6.07) is 22.5. The predicted molar refractivity (Wildman–Crippen MR) is 132 cm³/mol. The van der Waals surface area contributed by atoms with E-state index in [1.165, 1.54) is 4.90 Å². The molecule has 0 aliphatic carbocycles. The molecular formula is C29H27NO5. The van der Waals surface area contributed by atoms with Gasteiger partial charge < -0.3 is 14.4 Å². The van der Waals surface area contributed by atoms with E-state index in [0.717, 1.165) is 5.56 Å². The molecule has 4 rings (SSSR count). The number of ether oxygens (including phenoxy) is 2. The standard InChI is InChI=1S/C29H27NO5/c1-3-17-35-24-12-8-11-22(18-24)26-25(27(31)21-13-15-23(16-14-21)34-4-2)28(32)29(33)30(26)19-20-9-6-5-7-10-20/h3,5-16,18,25-26H,1,4,17,19H2,2H3. The molecule has 35 heavy (non-hydrogen) atoms. The molecule has 0 radical (unpaired) electrons. The van der Waals surface area contributed by atoms with Crippen molar-refractivity contribution in [2.45, 2.75) is 19.5 Å². The fourth-order valence-electron chi connectivity index (χ4n) is 4.31. The smallest absolute Gasteiger partial charge is 0.291 e. The monoisotopic (exact) mass is 469 g/mol. The molecule has 178 valence electrons. The number of likely N-dealkylation sites (tertiary alicyclic amines) is 1. The summed E-state index contributed by atoms with van der Waals surface area (Å²) in [7, 11) is 0. The first-order valence-electron chi connectivity index (χ1n) is 11.5. The molecule has 2 atom stereocenters. The first-order valence-corrected chi connectivity index (χ1v) is 11.5. The van der Waals surface area contributed by atoms with E-state index in [9.17, 15) is 14.4 Å². The number of hydrogen-bond acceptors (Lipinski definition) is 5. The van der Waals surface area contributed by atoms with Gasteiger partial charge in [-0.3, -0.25) is 14.4 Å². The quantitative estimate of drug-likeness (QED) is 0.185. The fourth-order valence-corrected chi connectivity index (χ4v) is 4.31. The van der Waals surface area contributed by atoms with Crippen LogP contribution in [0.15, 0.2) is 91.5 Å². The molecule has 6 heteroatoms. The van der Waals surface area contributed by atoms with Crippen LogP contribution in [0.4, 0.5) is 0 Å². The minimum atomic E-state index is -1.17. The Bertz CT molecular complexity index is 1220. The highest BCUT2D eigenvalue weighted by Gasteiger charge is 2.51. The Labute approximate surface area is 204 Å². The summed E-state index contributed by atoms with van der Waals surface area (Å²) < 4.78 is 11.1. The average Bonchev–Trinajstić information content (AvgIpc) is 3.13. The summed E-state index contributed by atoms with van der Waals surface area (Å²) in [5.74, 6) is -1.74. The van der Waals surface area contributed by atoms with E-state index in [0.29, 0.717) is 35.8 Å². The topological polar surface area (TPSA) is 72.9 Å². The maximum absolute atomic E-state index is 13.6. The van der Waals surface area contributed by atoms with Crippen LogP contribution in [0, 0.1) is 5.92 Å². The molecule has 1 amide bonds. The van der Waals surface area contributed by atoms with Gasteiger partial charge in [0.15, 0.2) is 5.78 Å². The Morgan fingerprint density at radius 3 is 2.37 bits per heavy atom. The predicted octanol–water partition coefficient (Wildman–Crippen LogP) is 4.80. The molecule has 2 unspecified atom stereocenters. The molecule has 1 aliphatic rings. The lowest BCUT2D eigenvalue weighted by atomic mass is 9.86. The van der Waals surface area contributed by atoms with Gasteiger partial charge in [-0.2, -0.15) is 0 Å². The molecule has 1 heterocycles. The first-order chi connectivity index (χ1) is 17.0. The second-order valence-corrected chi connectivity index (χ2v) is 8.20. The van der Waals surface area contributed by atoms with E-state index in [1.807, 2.05) is 43.3 Å². The zero-order chi connectivity index (χ0) is 24.8. The Morgan fingerprint density at radius 2 is 1.69 bits per heavy atom. The maximum atomic E-state index is 13.6. The number of hydrogen-bond donors (Lipinski definition) is 0. The van der Waals surface area contributed by atoms with Crippen LogP contribution in [-0.4, -0.2) is 35.6 Å². The lowest BCUT2D eigenvalue weighted by Gasteiger charge is -2.27. The molecule has 3 aromatic rings. The van der Waals surface area contributed by atoms with E-state index in [2.05, 4.69) is 6.58 Å². The van der Waals surface area contributed by atoms with Crippen LogP contribution in [-0.2, 0) is 16.1 Å². The number of rotatable bonds is 10. The summed E-state index contributed by atoms with van der Waals surface area (Å²) in [4.78, 5) is 41.6. The van der Waals surface area contributed by atoms with Gasteiger partial charge in [-0.1, -0.05) is 55.1 Å². The lowest BCUT2D eigenvalue weighted by molar-refractivity contribution is -0.141. The number of benzene rings is 3. The van der Waals surface area contributed by atoms with Crippen molar-refractivity contribution in [1.29, 1.82) is 0 Å². The maximum Gasteiger partial charge on any atom is 0.291 e. The molecule has 1 fully saturated rings. The Kier molecular flexibility index (Phi) is 7.41. The van der Waals surface area contributed by atoms with Gasteiger partial charge in [0, 0.05) is 12.1 Å². The lowest BCUT2D eigenvalue weighted by Crippen LogP contribution is -2.30. The van der Waals surface area contributed by atoms with Crippen LogP contribution in [0.1, 0.15) is 34.5 Å². The Balaban J connectivity index is 1.74. The van der Waals surface area contributed by atoms with Gasteiger partial charge in [0.1, 0.15) is 24.0 Å². The number of Topliss-reactive ketones (excluding diaryl/α,β-unsaturated/α-hetero) is 2. The highest BCUT2D eigenvalue weighted by Crippen LogP contribution is 2.40. The normalized spacial score (nSPS) is 17.3. The van der Waals surface area contributed by atoms with Crippen molar-refractivity contribution in [2.75, 3.05) is 13.2 Å². The van der Waals surface area contributed by atoms with E-state index in [4.69, 9.17) is 9.47 Å². The number of ketones is 2. The van der Waals surface area contributed by atoms with Crippen molar-refractivity contribution >= 4 is 17.5 Å². The molecule has 3 aromatic carbocycles. The Hall–Kier alpha value is -4.19. The van der Waals surface area contributed by atoms with Crippen LogP contribution in [0.5, 0.6) is 11.5 Å². The van der Waals surface area contributed by atoms with Crippen molar-refractivity contribution < 1.29 is 23.9 Å². The second-order valence-electron chi connectivity index (χ2n) is 8.20. The molecule has 0 spiro atoms. The van der Waals surface area contributed by atoms with Gasteiger partial charge in [0.2, 0.25) is 5.78 Å². The zero-order valence-electron chi connectivity index (χ0n) is 19.6. The van der Waals surface area contributed by atoms with Crippen molar-refractivity contribution in [3.63, 3.8) is 0 Å². The van der Waals surface area contributed by atoms with Gasteiger partial charge in [0.05, 0.1) is 12.6 Å². The summed E-state index contributed by atoms with van der Waals surface area (Å²) in [6.07, 6.45) is 1.63. The largest absolute Gasteiger partial charge is 0.494 e. The van der Waals surface area contributed by atoms with E-state index in [-0.39, 0.29) is 6.54 Å². The van der Waals surface area contributed by atoms with Crippen molar-refractivity contribution in [3.8, 4) is 11.5 Å². The molecule has 1 saturated heterocycles. The molecule has 0 aromatic heterocycles. The summed E-state index contributed by atoms with van der Waals surface area (Å²) in [5, 5.41) is 0. The number of nitrogens with zero attached hydrogens (tertiary/aromatic N) is 1. The zero-order valence-corrected chi connectivity index (χ0v) is 19.6. The molecule has 6 nitrogen and oxygen atoms in total. The fraction of sp³-hybridized carbons (Fsp3) is 0.207. The van der Waals surface area contributed by atoms with E-state index in [1.54, 1.807) is 48.5 Å². The Morgan fingerprint density at radius 1 is 0.943 bits per heavy atom. The molecule has 1 aliphatic heterocycles.